The number of aromatic nitrogens is 3. The largest absolute Gasteiger partial charge is 0.486 e. The van der Waals surface area contributed by atoms with Crippen molar-refractivity contribution in [1.82, 2.24) is 14.8 Å². The fraction of sp³-hybridized carbons (Fsp3) is 0.227. The maximum atomic E-state index is 12.0. The summed E-state index contributed by atoms with van der Waals surface area (Å²) in [4.78, 5) is 12.0. The highest BCUT2D eigenvalue weighted by Gasteiger charge is 2.13. The van der Waals surface area contributed by atoms with Gasteiger partial charge in [0, 0.05) is 29.3 Å². The van der Waals surface area contributed by atoms with Crippen molar-refractivity contribution < 1.29 is 9.15 Å². The predicted molar refractivity (Wildman–Crippen MR) is 118 cm³/mol. The number of hydrogen-bond acceptors (Lipinski definition) is 6. The number of halogens is 1. The summed E-state index contributed by atoms with van der Waals surface area (Å²) in [5.41, 5.74) is 3.42. The Hall–Kier alpha value is -2.77. The molecule has 0 saturated carbocycles. The van der Waals surface area contributed by atoms with Crippen LogP contribution in [0.25, 0.3) is 11.0 Å². The lowest BCUT2D eigenvalue weighted by molar-refractivity contribution is 0.290. The zero-order chi connectivity index (χ0) is 21.3. The normalized spacial score (nSPS) is 11.2. The molecule has 0 amide bonds. The van der Waals surface area contributed by atoms with Gasteiger partial charge in [-0.2, -0.15) is 0 Å². The van der Waals surface area contributed by atoms with Crippen LogP contribution in [0.1, 0.15) is 22.5 Å². The van der Waals surface area contributed by atoms with Crippen LogP contribution < -0.4 is 10.4 Å². The first-order valence-corrected chi connectivity index (χ1v) is 10.7. The lowest BCUT2D eigenvalue weighted by Crippen LogP contribution is -2.04. The number of benzene rings is 2. The topological polar surface area (TPSA) is 70.2 Å². The second-order valence-electron chi connectivity index (χ2n) is 7.01. The van der Waals surface area contributed by atoms with Crippen molar-refractivity contribution in [2.24, 2.45) is 7.05 Å². The Labute approximate surface area is 182 Å². The zero-order valence-corrected chi connectivity index (χ0v) is 18.4. The van der Waals surface area contributed by atoms with Gasteiger partial charge in [-0.15, -0.1) is 10.2 Å². The SMILES string of the molecule is Cc1cc2oc(=O)cc(CSc3nnc(COc4ccc(Cl)cc4)n3C)c2cc1C. The predicted octanol–water partition coefficient (Wildman–Crippen LogP) is 5.06. The average Bonchev–Trinajstić information content (AvgIpc) is 3.06. The van der Waals surface area contributed by atoms with E-state index in [1.165, 1.54) is 11.8 Å². The molecule has 0 radical (unpaired) electrons. The van der Waals surface area contributed by atoms with Crippen LogP contribution >= 0.6 is 23.4 Å². The number of fused-ring (bicyclic) bond motifs is 1. The molecule has 0 unspecified atom stereocenters. The van der Waals surface area contributed by atoms with Crippen LogP contribution in [0.2, 0.25) is 5.02 Å². The number of nitrogens with zero attached hydrogens (tertiary/aromatic N) is 3. The fourth-order valence-electron chi connectivity index (χ4n) is 3.02. The average molecular weight is 442 g/mol. The molecule has 2 aromatic heterocycles. The van der Waals surface area contributed by atoms with Crippen LogP contribution in [0.3, 0.4) is 0 Å². The van der Waals surface area contributed by atoms with Gasteiger partial charge in [0.05, 0.1) is 0 Å². The summed E-state index contributed by atoms with van der Waals surface area (Å²) >= 11 is 7.41. The molecule has 2 aromatic carbocycles. The van der Waals surface area contributed by atoms with Gasteiger partial charge >= 0.3 is 5.63 Å². The van der Waals surface area contributed by atoms with E-state index in [2.05, 4.69) is 16.3 Å². The number of ether oxygens (including phenoxy) is 1. The minimum atomic E-state index is -0.351. The van der Waals surface area contributed by atoms with Gasteiger partial charge in [0.25, 0.3) is 0 Å². The molecule has 154 valence electrons. The second-order valence-corrected chi connectivity index (χ2v) is 8.39. The molecule has 0 saturated heterocycles. The summed E-state index contributed by atoms with van der Waals surface area (Å²) in [5.74, 6) is 2.00. The minimum Gasteiger partial charge on any atom is -0.486 e. The quantitative estimate of drug-likeness (QED) is 0.307. The van der Waals surface area contributed by atoms with E-state index in [1.807, 2.05) is 43.7 Å². The Kier molecular flexibility index (Phi) is 5.83. The van der Waals surface area contributed by atoms with Crippen molar-refractivity contribution in [2.45, 2.75) is 31.4 Å². The van der Waals surface area contributed by atoms with Crippen molar-refractivity contribution in [3.8, 4) is 5.75 Å². The maximum Gasteiger partial charge on any atom is 0.336 e. The minimum absolute atomic E-state index is 0.294. The van der Waals surface area contributed by atoms with E-state index in [-0.39, 0.29) is 5.63 Å². The Morgan fingerprint density at radius 1 is 1.10 bits per heavy atom. The van der Waals surface area contributed by atoms with Crippen LogP contribution in [0.4, 0.5) is 0 Å². The third kappa shape index (κ3) is 4.37. The van der Waals surface area contributed by atoms with Crippen LogP contribution in [0.15, 0.2) is 56.8 Å². The van der Waals surface area contributed by atoms with Crippen LogP contribution in [-0.4, -0.2) is 14.8 Å². The molecule has 0 aliphatic heterocycles. The molecule has 0 N–H and O–H groups in total. The summed E-state index contributed by atoms with van der Waals surface area (Å²) in [6.45, 7) is 4.35. The van der Waals surface area contributed by atoms with Gasteiger partial charge in [0.15, 0.2) is 11.0 Å². The van der Waals surface area contributed by atoms with Gasteiger partial charge in [0.1, 0.15) is 17.9 Å². The standard InChI is InChI=1S/C22H20ClN3O3S/c1-13-8-18-15(10-21(27)29-19(18)9-14(13)2)12-30-22-25-24-20(26(22)3)11-28-17-6-4-16(23)5-7-17/h4-10H,11-12H2,1-3H3. The molecular formula is C22H20ClN3O3S. The number of rotatable bonds is 6. The Morgan fingerprint density at radius 2 is 1.83 bits per heavy atom. The fourth-order valence-corrected chi connectivity index (χ4v) is 4.07. The number of aryl methyl sites for hydroxylation is 2. The van der Waals surface area contributed by atoms with Gasteiger partial charge in [-0.1, -0.05) is 23.4 Å². The van der Waals surface area contributed by atoms with Gasteiger partial charge in [0.2, 0.25) is 0 Å². The van der Waals surface area contributed by atoms with Crippen molar-refractivity contribution in [3.63, 3.8) is 0 Å². The molecule has 6 nitrogen and oxygen atoms in total. The van der Waals surface area contributed by atoms with Crippen LogP contribution in [0.5, 0.6) is 5.75 Å². The highest BCUT2D eigenvalue weighted by atomic mass is 35.5. The van der Waals surface area contributed by atoms with Gasteiger partial charge in [-0.25, -0.2) is 4.79 Å². The van der Waals surface area contributed by atoms with Crippen LogP contribution in [-0.2, 0) is 19.4 Å². The van der Waals surface area contributed by atoms with Gasteiger partial charge in [-0.05, 0) is 66.9 Å². The third-order valence-electron chi connectivity index (χ3n) is 4.91. The van der Waals surface area contributed by atoms with E-state index >= 15 is 0 Å². The van der Waals surface area contributed by atoms with E-state index < -0.39 is 0 Å². The van der Waals surface area contributed by atoms with Crippen molar-refractivity contribution in [1.29, 1.82) is 0 Å². The monoisotopic (exact) mass is 441 g/mol. The third-order valence-corrected chi connectivity index (χ3v) is 6.23. The molecule has 0 fully saturated rings. The highest BCUT2D eigenvalue weighted by Crippen LogP contribution is 2.27. The Balaban J connectivity index is 1.50. The molecule has 0 aliphatic carbocycles. The van der Waals surface area contributed by atoms with E-state index in [1.54, 1.807) is 18.2 Å². The lowest BCUT2D eigenvalue weighted by Gasteiger charge is -2.09. The van der Waals surface area contributed by atoms with E-state index in [0.29, 0.717) is 34.5 Å². The molecule has 0 bridgehead atoms. The van der Waals surface area contributed by atoms with Crippen molar-refractivity contribution in [3.05, 3.63) is 80.4 Å². The molecule has 2 heterocycles. The first kappa shape index (κ1) is 20.5. The molecule has 4 aromatic rings. The molecule has 8 heteroatoms. The second kappa shape index (κ2) is 8.53. The zero-order valence-electron chi connectivity index (χ0n) is 16.8. The van der Waals surface area contributed by atoms with Gasteiger partial charge in [-0.3, -0.25) is 0 Å². The smallest absolute Gasteiger partial charge is 0.336 e. The molecule has 0 atom stereocenters. The van der Waals surface area contributed by atoms with E-state index in [4.69, 9.17) is 20.8 Å². The van der Waals surface area contributed by atoms with Crippen molar-refractivity contribution in [2.75, 3.05) is 0 Å². The first-order valence-electron chi connectivity index (χ1n) is 9.34. The van der Waals surface area contributed by atoms with Crippen LogP contribution in [0, 0.1) is 13.8 Å². The Bertz CT molecular complexity index is 1270. The molecule has 0 aliphatic rings. The summed E-state index contributed by atoms with van der Waals surface area (Å²) in [6, 6.07) is 12.7. The van der Waals surface area contributed by atoms with E-state index in [0.717, 1.165) is 27.2 Å². The van der Waals surface area contributed by atoms with Crippen molar-refractivity contribution >= 4 is 34.3 Å². The molecular weight excluding hydrogens is 422 g/mol. The van der Waals surface area contributed by atoms with E-state index in [9.17, 15) is 4.79 Å². The highest BCUT2D eigenvalue weighted by molar-refractivity contribution is 7.98. The summed E-state index contributed by atoms with van der Waals surface area (Å²) < 4.78 is 13.0. The Morgan fingerprint density at radius 3 is 2.60 bits per heavy atom. The maximum absolute atomic E-state index is 12.0. The molecule has 30 heavy (non-hydrogen) atoms. The summed E-state index contributed by atoms with van der Waals surface area (Å²) in [6.07, 6.45) is 0. The number of thioether (sulfide) groups is 1. The summed E-state index contributed by atoms with van der Waals surface area (Å²) in [7, 11) is 1.90. The summed E-state index contributed by atoms with van der Waals surface area (Å²) in [5, 5.41) is 10.8. The molecule has 0 spiro atoms. The first-order chi connectivity index (χ1) is 14.4. The lowest BCUT2D eigenvalue weighted by atomic mass is 10.0. The molecule has 4 rings (SSSR count). The van der Waals surface area contributed by atoms with Gasteiger partial charge < -0.3 is 13.7 Å². The number of hydrogen-bond donors (Lipinski definition) is 0.